The van der Waals surface area contributed by atoms with Crippen LogP contribution < -0.4 is 15.8 Å². The first kappa shape index (κ1) is 24.6. The lowest BCUT2D eigenvalue weighted by molar-refractivity contribution is -0.116. The number of ether oxygens (including phenoxy) is 1. The average molecular weight is 441 g/mol. The number of pyridine rings is 1. The minimum Gasteiger partial charge on any atom is -0.503 e. The monoisotopic (exact) mass is 440 g/mol. The molecule has 1 aliphatic heterocycles. The quantitative estimate of drug-likeness (QED) is 0.451. The van der Waals surface area contributed by atoms with E-state index >= 15 is 0 Å². The Hall–Kier alpha value is -2.48. The number of carbonyl (C=O) groups is 1. The maximum Gasteiger partial charge on any atom is 0.283 e. The van der Waals surface area contributed by atoms with Crippen molar-refractivity contribution in [3.63, 3.8) is 0 Å². The maximum atomic E-state index is 10.9. The zero-order valence-corrected chi connectivity index (χ0v) is 17.7. The largest absolute Gasteiger partial charge is 0.503 e. The molecule has 0 spiro atoms. The molecule has 1 aliphatic rings. The number of likely N-dealkylation sites (tertiary alicyclic amines) is 1. The van der Waals surface area contributed by atoms with E-state index in [4.69, 9.17) is 10.5 Å². The number of benzene rings is 1. The first-order valence-corrected chi connectivity index (χ1v) is 8.82. The molecule has 2 heterocycles. The van der Waals surface area contributed by atoms with E-state index in [1.165, 1.54) is 11.6 Å². The molecule has 0 radical (unpaired) electrons. The summed E-state index contributed by atoms with van der Waals surface area (Å²) in [4.78, 5) is 17.6. The second kappa shape index (κ2) is 11.5. The summed E-state index contributed by atoms with van der Waals surface area (Å²) in [5, 5.41) is 12.8. The first-order chi connectivity index (χ1) is 13.0. The molecule has 1 aromatic carbocycles. The summed E-state index contributed by atoms with van der Waals surface area (Å²) in [5.74, 6) is 0.293. The fourth-order valence-electron chi connectivity index (χ4n) is 3.14. The highest BCUT2D eigenvalue weighted by Crippen LogP contribution is 2.19. The third-order valence-electron chi connectivity index (χ3n) is 4.51. The van der Waals surface area contributed by atoms with Crippen molar-refractivity contribution in [3.8, 4) is 5.75 Å². The van der Waals surface area contributed by atoms with E-state index in [0.29, 0.717) is 11.6 Å². The number of anilines is 1. The number of halogens is 2. The van der Waals surface area contributed by atoms with Crippen LogP contribution in [0.25, 0.3) is 6.08 Å². The number of hydrogen-bond donors (Lipinski definition) is 3. The zero-order chi connectivity index (χ0) is 19.2. The molecule has 0 bridgehead atoms. The lowest BCUT2D eigenvalue weighted by Gasteiger charge is -2.17. The van der Waals surface area contributed by atoms with Crippen LogP contribution in [0.4, 0.5) is 5.82 Å². The van der Waals surface area contributed by atoms with Gasteiger partial charge in [-0.2, -0.15) is 0 Å². The van der Waals surface area contributed by atoms with E-state index < -0.39 is 11.7 Å². The van der Waals surface area contributed by atoms with Gasteiger partial charge >= 0.3 is 0 Å². The van der Waals surface area contributed by atoms with Crippen molar-refractivity contribution in [1.29, 1.82) is 0 Å². The highest BCUT2D eigenvalue weighted by Gasteiger charge is 2.22. The molecule has 1 atom stereocenters. The van der Waals surface area contributed by atoms with Crippen LogP contribution in [-0.2, 0) is 11.3 Å². The van der Waals surface area contributed by atoms with Crippen molar-refractivity contribution in [2.24, 2.45) is 5.73 Å². The Bertz CT molecular complexity index is 831. The molecule has 1 aromatic heterocycles. The van der Waals surface area contributed by atoms with Gasteiger partial charge in [-0.25, -0.2) is 4.98 Å². The van der Waals surface area contributed by atoms with Gasteiger partial charge in [0.25, 0.3) is 5.91 Å². The number of nitrogens with two attached hydrogens (primary N) is 1. The minimum atomic E-state index is -0.862. The van der Waals surface area contributed by atoms with Gasteiger partial charge < -0.3 is 20.9 Å². The highest BCUT2D eigenvalue weighted by molar-refractivity contribution is 5.93. The number of aliphatic hydroxyl groups excluding tert-OH is 1. The molecule has 3 rings (SSSR count). The summed E-state index contributed by atoms with van der Waals surface area (Å²) >= 11 is 0. The van der Waals surface area contributed by atoms with Crippen molar-refractivity contribution < 1.29 is 14.6 Å². The molecular weight excluding hydrogens is 415 g/mol. The number of rotatable bonds is 7. The number of methoxy groups -OCH3 is 1. The van der Waals surface area contributed by atoms with Crippen molar-refractivity contribution in [3.05, 3.63) is 59.5 Å². The number of nitrogens with one attached hydrogen (secondary N) is 1. The Morgan fingerprint density at radius 3 is 2.83 bits per heavy atom. The van der Waals surface area contributed by atoms with Gasteiger partial charge in [0, 0.05) is 31.9 Å². The average Bonchev–Trinajstić information content (AvgIpc) is 3.10. The van der Waals surface area contributed by atoms with E-state index in [-0.39, 0.29) is 24.8 Å². The number of carbonyl (C=O) groups excluding carboxylic acids is 1. The molecule has 1 fully saturated rings. The minimum absolute atomic E-state index is 0. The number of amides is 1. The van der Waals surface area contributed by atoms with Gasteiger partial charge in [-0.15, -0.1) is 24.8 Å². The number of primary amides is 1. The Morgan fingerprint density at radius 1 is 1.38 bits per heavy atom. The topological polar surface area (TPSA) is 101 Å². The van der Waals surface area contributed by atoms with Gasteiger partial charge in [-0.3, -0.25) is 9.69 Å². The predicted molar refractivity (Wildman–Crippen MR) is 119 cm³/mol. The van der Waals surface area contributed by atoms with Gasteiger partial charge in [-0.1, -0.05) is 12.1 Å². The SMILES string of the molecule is COc1cccc(CN2CC[C@@H](Nc3ccc(C=C(O)C(N)=O)cn3)C2)c1.Cl.Cl. The van der Waals surface area contributed by atoms with Crippen LogP contribution in [0, 0.1) is 0 Å². The van der Waals surface area contributed by atoms with Crippen molar-refractivity contribution in [1.82, 2.24) is 9.88 Å². The van der Waals surface area contributed by atoms with Crippen molar-refractivity contribution >= 4 is 42.6 Å². The molecule has 0 saturated carbocycles. The smallest absolute Gasteiger partial charge is 0.283 e. The summed E-state index contributed by atoms with van der Waals surface area (Å²) in [6, 6.07) is 12.1. The van der Waals surface area contributed by atoms with Crippen LogP contribution in [0.15, 0.2) is 48.4 Å². The molecule has 158 valence electrons. The second-order valence-corrected chi connectivity index (χ2v) is 6.59. The lowest BCUT2D eigenvalue weighted by Crippen LogP contribution is -2.26. The van der Waals surface area contributed by atoms with Crippen molar-refractivity contribution in [2.45, 2.75) is 19.0 Å². The molecule has 1 amide bonds. The van der Waals surface area contributed by atoms with Crippen LogP contribution >= 0.6 is 24.8 Å². The molecular formula is C20H26Cl2N4O3. The third-order valence-corrected chi connectivity index (χ3v) is 4.51. The number of aliphatic hydroxyl groups is 1. The molecule has 7 nitrogen and oxygen atoms in total. The number of aromatic nitrogens is 1. The molecule has 1 saturated heterocycles. The molecule has 0 unspecified atom stereocenters. The van der Waals surface area contributed by atoms with Crippen LogP contribution in [-0.4, -0.2) is 47.1 Å². The normalized spacial score (nSPS) is 16.4. The summed E-state index contributed by atoms with van der Waals surface area (Å²) in [6.07, 6.45) is 3.92. The van der Waals surface area contributed by atoms with Crippen LogP contribution in [0.3, 0.4) is 0 Å². The van der Waals surface area contributed by atoms with Crippen LogP contribution in [0.5, 0.6) is 5.75 Å². The first-order valence-electron chi connectivity index (χ1n) is 8.82. The van der Waals surface area contributed by atoms with Gasteiger partial charge in [0.05, 0.1) is 7.11 Å². The fourth-order valence-corrected chi connectivity index (χ4v) is 3.14. The fraction of sp³-hybridized carbons (Fsp3) is 0.300. The lowest BCUT2D eigenvalue weighted by atomic mass is 10.2. The standard InChI is InChI=1S/C20H24N4O3.2ClH/c1-27-17-4-2-3-15(9-17)12-24-8-7-16(13-24)23-19-6-5-14(11-22-19)10-18(25)20(21)26;;/h2-6,9-11,16,25H,7-8,12-13H2,1H3,(H2,21,26)(H,22,23);2*1H/t16-;;/m1../s1. The maximum absolute atomic E-state index is 10.9. The molecule has 29 heavy (non-hydrogen) atoms. The number of hydrogen-bond acceptors (Lipinski definition) is 6. The van der Waals surface area contributed by atoms with Crippen LogP contribution in [0.1, 0.15) is 17.5 Å². The molecule has 0 aliphatic carbocycles. The van der Waals surface area contributed by atoms with Gasteiger partial charge in [-0.05, 0) is 47.9 Å². The van der Waals surface area contributed by atoms with Crippen molar-refractivity contribution in [2.75, 3.05) is 25.5 Å². The summed E-state index contributed by atoms with van der Waals surface area (Å²) in [7, 11) is 1.68. The van der Waals surface area contributed by atoms with Crippen LogP contribution in [0.2, 0.25) is 0 Å². The highest BCUT2D eigenvalue weighted by atomic mass is 35.5. The van der Waals surface area contributed by atoms with E-state index in [0.717, 1.165) is 37.6 Å². The molecule has 2 aromatic rings. The van der Waals surface area contributed by atoms with E-state index in [2.05, 4.69) is 27.3 Å². The molecule has 4 N–H and O–H groups in total. The van der Waals surface area contributed by atoms with Gasteiger partial charge in [0.1, 0.15) is 11.6 Å². The van der Waals surface area contributed by atoms with E-state index in [1.807, 2.05) is 18.2 Å². The Morgan fingerprint density at radius 2 is 2.17 bits per heavy atom. The van der Waals surface area contributed by atoms with Gasteiger partial charge in [0.15, 0.2) is 5.76 Å². The molecule has 9 heteroatoms. The number of nitrogens with zero attached hydrogens (tertiary/aromatic N) is 2. The Balaban J connectivity index is 0.00000210. The zero-order valence-electron chi connectivity index (χ0n) is 16.1. The summed E-state index contributed by atoms with van der Waals surface area (Å²) < 4.78 is 5.28. The Labute approximate surface area is 182 Å². The predicted octanol–water partition coefficient (Wildman–Crippen LogP) is 3.00. The van der Waals surface area contributed by atoms with Gasteiger partial charge in [0.2, 0.25) is 0 Å². The summed E-state index contributed by atoms with van der Waals surface area (Å²) in [5.41, 5.74) is 6.85. The van der Waals surface area contributed by atoms with E-state index in [9.17, 15) is 9.90 Å². The van der Waals surface area contributed by atoms with E-state index in [1.54, 1.807) is 19.4 Å². The third kappa shape index (κ3) is 7.12. The second-order valence-electron chi connectivity index (χ2n) is 6.59. The summed E-state index contributed by atoms with van der Waals surface area (Å²) in [6.45, 7) is 2.84. The Kier molecular flexibility index (Phi) is 9.74.